The van der Waals surface area contributed by atoms with Crippen molar-refractivity contribution in [3.8, 4) is 0 Å². The van der Waals surface area contributed by atoms with Crippen molar-refractivity contribution in [1.82, 2.24) is 0 Å². The highest BCUT2D eigenvalue weighted by atomic mass is 14.7. The summed E-state index contributed by atoms with van der Waals surface area (Å²) in [5, 5.41) is 0. The van der Waals surface area contributed by atoms with Gasteiger partial charge in [-0.15, -0.1) is 0 Å². The zero-order valence-electron chi connectivity index (χ0n) is 12.4. The molecule has 1 heteroatoms. The van der Waals surface area contributed by atoms with Gasteiger partial charge < -0.3 is 5.73 Å². The molecule has 0 radical (unpaired) electrons. The normalized spacial score (nSPS) is 25.4. The Morgan fingerprint density at radius 1 is 1.11 bits per heavy atom. The molecule has 2 rings (SSSR count). The maximum absolute atomic E-state index is 6.17. The zero-order chi connectivity index (χ0) is 13.1. The Kier molecular flexibility index (Phi) is 4.53. The highest BCUT2D eigenvalue weighted by Gasteiger charge is 2.53. The maximum atomic E-state index is 6.17. The van der Waals surface area contributed by atoms with Crippen molar-refractivity contribution in [3.05, 3.63) is 11.6 Å². The van der Waals surface area contributed by atoms with Crippen LogP contribution < -0.4 is 5.73 Å². The summed E-state index contributed by atoms with van der Waals surface area (Å²) in [6, 6.07) is 0. The molecule has 0 aromatic rings. The van der Waals surface area contributed by atoms with Gasteiger partial charge in [-0.3, -0.25) is 0 Å². The molecule has 2 aliphatic rings. The third-order valence-electron chi connectivity index (χ3n) is 5.35. The minimum absolute atomic E-state index is 0.408. The molecule has 0 amide bonds. The van der Waals surface area contributed by atoms with Gasteiger partial charge in [0.2, 0.25) is 0 Å². The van der Waals surface area contributed by atoms with Crippen LogP contribution in [0.15, 0.2) is 11.6 Å². The van der Waals surface area contributed by atoms with Crippen LogP contribution in [0.25, 0.3) is 0 Å². The molecule has 0 bridgehead atoms. The van der Waals surface area contributed by atoms with E-state index in [9.17, 15) is 0 Å². The largest absolute Gasteiger partial charge is 0.330 e. The van der Waals surface area contributed by atoms with Crippen molar-refractivity contribution in [2.24, 2.45) is 16.6 Å². The SMILES string of the molecule is CCCC1(CCC)CC(CN)(C2=CCCCC2)C1. The molecule has 0 aromatic carbocycles. The molecule has 18 heavy (non-hydrogen) atoms. The summed E-state index contributed by atoms with van der Waals surface area (Å²) in [7, 11) is 0. The van der Waals surface area contributed by atoms with Crippen LogP contribution in [0.4, 0.5) is 0 Å². The summed E-state index contributed by atoms with van der Waals surface area (Å²) in [5.41, 5.74) is 8.94. The quantitative estimate of drug-likeness (QED) is 0.671. The summed E-state index contributed by atoms with van der Waals surface area (Å²) < 4.78 is 0. The minimum Gasteiger partial charge on any atom is -0.330 e. The van der Waals surface area contributed by atoms with Crippen molar-refractivity contribution in [1.29, 1.82) is 0 Å². The Labute approximate surface area is 113 Å². The van der Waals surface area contributed by atoms with Gasteiger partial charge in [0.25, 0.3) is 0 Å². The van der Waals surface area contributed by atoms with Crippen LogP contribution in [0.1, 0.15) is 78.1 Å². The van der Waals surface area contributed by atoms with Crippen LogP contribution in [0.5, 0.6) is 0 Å². The Morgan fingerprint density at radius 3 is 2.22 bits per heavy atom. The molecule has 104 valence electrons. The molecule has 0 heterocycles. The maximum Gasteiger partial charge on any atom is 0.00450 e. The first-order valence-corrected chi connectivity index (χ1v) is 8.10. The van der Waals surface area contributed by atoms with Gasteiger partial charge in [-0.05, 0) is 56.8 Å². The van der Waals surface area contributed by atoms with Crippen LogP contribution in [-0.2, 0) is 0 Å². The lowest BCUT2D eigenvalue weighted by Gasteiger charge is -2.58. The van der Waals surface area contributed by atoms with Gasteiger partial charge in [0, 0.05) is 12.0 Å². The summed E-state index contributed by atoms with van der Waals surface area (Å²) in [5.74, 6) is 0. The Bertz CT molecular complexity index is 289. The highest BCUT2D eigenvalue weighted by Crippen LogP contribution is 2.63. The molecule has 1 saturated carbocycles. The third kappa shape index (κ3) is 2.52. The molecule has 0 saturated heterocycles. The van der Waals surface area contributed by atoms with Crippen molar-refractivity contribution < 1.29 is 0 Å². The monoisotopic (exact) mass is 249 g/mol. The van der Waals surface area contributed by atoms with Gasteiger partial charge in [-0.2, -0.15) is 0 Å². The molecule has 0 spiro atoms. The first-order valence-electron chi connectivity index (χ1n) is 8.10. The van der Waals surface area contributed by atoms with E-state index in [0.717, 1.165) is 6.54 Å². The van der Waals surface area contributed by atoms with E-state index in [1.807, 2.05) is 0 Å². The summed E-state index contributed by atoms with van der Waals surface area (Å²) in [6.07, 6.45) is 16.2. The van der Waals surface area contributed by atoms with Crippen molar-refractivity contribution in [2.75, 3.05) is 6.54 Å². The average Bonchev–Trinajstić information content (AvgIpc) is 2.36. The van der Waals surface area contributed by atoms with Crippen molar-refractivity contribution in [3.63, 3.8) is 0 Å². The van der Waals surface area contributed by atoms with E-state index in [1.165, 1.54) is 64.2 Å². The van der Waals surface area contributed by atoms with Gasteiger partial charge in [0.05, 0.1) is 0 Å². The van der Waals surface area contributed by atoms with E-state index in [0.29, 0.717) is 10.8 Å². The molecule has 2 aliphatic carbocycles. The predicted octanol–water partition coefficient (Wildman–Crippen LogP) is 4.81. The summed E-state index contributed by atoms with van der Waals surface area (Å²) in [4.78, 5) is 0. The predicted molar refractivity (Wildman–Crippen MR) is 79.5 cm³/mol. The van der Waals surface area contributed by atoms with E-state index >= 15 is 0 Å². The topological polar surface area (TPSA) is 26.0 Å². The lowest BCUT2D eigenvalue weighted by Crippen LogP contribution is -2.52. The van der Waals surface area contributed by atoms with E-state index in [4.69, 9.17) is 5.73 Å². The third-order valence-corrected chi connectivity index (χ3v) is 5.35. The Hall–Kier alpha value is -0.300. The number of rotatable bonds is 6. The molecule has 2 N–H and O–H groups in total. The van der Waals surface area contributed by atoms with E-state index in [1.54, 1.807) is 5.57 Å². The van der Waals surface area contributed by atoms with Crippen LogP contribution in [0.3, 0.4) is 0 Å². The number of hydrogen-bond donors (Lipinski definition) is 1. The Morgan fingerprint density at radius 2 is 1.78 bits per heavy atom. The fourth-order valence-electron chi connectivity index (χ4n) is 4.75. The molecule has 0 aromatic heterocycles. The zero-order valence-corrected chi connectivity index (χ0v) is 12.4. The standard InChI is InChI=1S/C17H31N/c1-3-10-16(11-4-2)12-17(13-16,14-18)15-8-6-5-7-9-15/h8H,3-7,9-14,18H2,1-2H3. The van der Waals surface area contributed by atoms with Crippen LogP contribution in [0, 0.1) is 10.8 Å². The number of hydrogen-bond acceptors (Lipinski definition) is 1. The smallest absolute Gasteiger partial charge is 0.00450 e. The van der Waals surface area contributed by atoms with E-state index in [-0.39, 0.29) is 0 Å². The fourth-order valence-corrected chi connectivity index (χ4v) is 4.75. The van der Waals surface area contributed by atoms with Gasteiger partial charge in [0.15, 0.2) is 0 Å². The molecule has 1 nitrogen and oxygen atoms in total. The van der Waals surface area contributed by atoms with Crippen molar-refractivity contribution >= 4 is 0 Å². The van der Waals surface area contributed by atoms with Crippen molar-refractivity contribution in [2.45, 2.75) is 78.1 Å². The number of allylic oxidation sites excluding steroid dienone is 1. The summed E-state index contributed by atoms with van der Waals surface area (Å²) >= 11 is 0. The fraction of sp³-hybridized carbons (Fsp3) is 0.882. The molecule has 0 atom stereocenters. The molecular formula is C17H31N. The van der Waals surface area contributed by atoms with E-state index < -0.39 is 0 Å². The lowest BCUT2D eigenvalue weighted by atomic mass is 9.47. The van der Waals surface area contributed by atoms with Crippen LogP contribution in [-0.4, -0.2) is 6.54 Å². The second-order valence-corrected chi connectivity index (χ2v) is 6.81. The highest BCUT2D eigenvalue weighted by molar-refractivity contribution is 5.24. The second kappa shape index (κ2) is 5.77. The molecule has 0 aliphatic heterocycles. The summed E-state index contributed by atoms with van der Waals surface area (Å²) in [6.45, 7) is 5.55. The molecular weight excluding hydrogens is 218 g/mol. The van der Waals surface area contributed by atoms with Gasteiger partial charge >= 0.3 is 0 Å². The second-order valence-electron chi connectivity index (χ2n) is 6.81. The first kappa shape index (κ1) is 14.1. The van der Waals surface area contributed by atoms with Gasteiger partial charge in [0.1, 0.15) is 0 Å². The van der Waals surface area contributed by atoms with Gasteiger partial charge in [-0.1, -0.05) is 38.3 Å². The minimum atomic E-state index is 0.408. The van der Waals surface area contributed by atoms with Crippen LogP contribution >= 0.6 is 0 Å². The molecule has 0 unspecified atom stereocenters. The lowest BCUT2D eigenvalue weighted by molar-refractivity contribution is -0.0253. The van der Waals surface area contributed by atoms with Crippen LogP contribution in [0.2, 0.25) is 0 Å². The first-order chi connectivity index (χ1) is 8.70. The molecule has 1 fully saturated rings. The average molecular weight is 249 g/mol. The van der Waals surface area contributed by atoms with Gasteiger partial charge in [-0.25, -0.2) is 0 Å². The Balaban J connectivity index is 2.06. The number of nitrogens with two attached hydrogens (primary N) is 1. The van der Waals surface area contributed by atoms with E-state index in [2.05, 4.69) is 19.9 Å².